The van der Waals surface area contributed by atoms with Crippen molar-refractivity contribution < 1.29 is 9.18 Å². The number of benzene rings is 2. The van der Waals surface area contributed by atoms with Crippen molar-refractivity contribution in [1.82, 2.24) is 0 Å². The van der Waals surface area contributed by atoms with Crippen molar-refractivity contribution in [1.29, 1.82) is 0 Å². The van der Waals surface area contributed by atoms with Gasteiger partial charge < -0.3 is 0 Å². The summed E-state index contributed by atoms with van der Waals surface area (Å²) in [5.74, 6) is -0.578. The van der Waals surface area contributed by atoms with Crippen LogP contribution in [0.25, 0.3) is 0 Å². The second-order valence-corrected chi connectivity index (χ2v) is 5.06. The van der Waals surface area contributed by atoms with E-state index < -0.39 is 0 Å². The second-order valence-electron chi connectivity index (χ2n) is 4.28. The van der Waals surface area contributed by atoms with Gasteiger partial charge in [-0.05, 0) is 30.2 Å². The lowest BCUT2D eigenvalue weighted by Gasteiger charge is -2.06. The molecule has 0 aromatic heterocycles. The first kappa shape index (κ1) is 14.0. The highest BCUT2D eigenvalue weighted by atomic mass is 35.5. The van der Waals surface area contributed by atoms with E-state index in [9.17, 15) is 9.18 Å². The van der Waals surface area contributed by atoms with Gasteiger partial charge in [-0.3, -0.25) is 4.79 Å². The Morgan fingerprint density at radius 2 is 1.95 bits per heavy atom. The molecule has 0 aliphatic heterocycles. The molecule has 0 fully saturated rings. The molecule has 0 saturated heterocycles. The number of carbonyl (C=O) groups is 1. The average Bonchev–Trinajstić information content (AvgIpc) is 2.38. The zero-order valence-electron chi connectivity index (χ0n) is 10.2. The van der Waals surface area contributed by atoms with Gasteiger partial charge in [0, 0.05) is 12.0 Å². The summed E-state index contributed by atoms with van der Waals surface area (Å²) in [6.45, 7) is 1.65. The molecule has 98 valence electrons. The van der Waals surface area contributed by atoms with Crippen LogP contribution in [0.15, 0.2) is 36.4 Å². The highest BCUT2D eigenvalue weighted by Gasteiger charge is 2.12. The van der Waals surface area contributed by atoms with Crippen molar-refractivity contribution in [2.45, 2.75) is 13.3 Å². The average molecular weight is 297 g/mol. The van der Waals surface area contributed by atoms with Crippen LogP contribution in [0.5, 0.6) is 0 Å². The molecular weight excluding hydrogens is 286 g/mol. The van der Waals surface area contributed by atoms with Crippen LogP contribution < -0.4 is 0 Å². The summed E-state index contributed by atoms with van der Waals surface area (Å²) in [5.41, 5.74) is 1.48. The highest BCUT2D eigenvalue weighted by molar-refractivity contribution is 6.42. The SMILES string of the molecule is Cc1ccc(C(=O)Cc2cccc(Cl)c2Cl)cc1F. The van der Waals surface area contributed by atoms with Gasteiger partial charge in [0.2, 0.25) is 0 Å². The number of aryl methyl sites for hydroxylation is 1. The normalized spacial score (nSPS) is 10.5. The van der Waals surface area contributed by atoms with E-state index >= 15 is 0 Å². The Balaban J connectivity index is 2.26. The summed E-state index contributed by atoms with van der Waals surface area (Å²) in [5, 5.41) is 0.771. The topological polar surface area (TPSA) is 17.1 Å². The van der Waals surface area contributed by atoms with Crippen molar-refractivity contribution in [2.24, 2.45) is 0 Å². The number of ketones is 1. The Labute approximate surface area is 121 Å². The predicted octanol–water partition coefficient (Wildman–Crippen LogP) is 4.87. The van der Waals surface area contributed by atoms with Gasteiger partial charge in [-0.2, -0.15) is 0 Å². The largest absolute Gasteiger partial charge is 0.294 e. The van der Waals surface area contributed by atoms with E-state index in [-0.39, 0.29) is 18.0 Å². The predicted molar refractivity (Wildman–Crippen MR) is 75.6 cm³/mol. The molecule has 0 spiro atoms. The van der Waals surface area contributed by atoms with Crippen LogP contribution in [0.1, 0.15) is 21.5 Å². The molecule has 0 saturated carbocycles. The third-order valence-corrected chi connectivity index (χ3v) is 3.73. The lowest BCUT2D eigenvalue weighted by Crippen LogP contribution is -2.05. The van der Waals surface area contributed by atoms with Crippen molar-refractivity contribution >= 4 is 29.0 Å². The second kappa shape index (κ2) is 5.72. The number of hydrogen-bond donors (Lipinski definition) is 0. The van der Waals surface area contributed by atoms with E-state index in [0.29, 0.717) is 26.7 Å². The van der Waals surface area contributed by atoms with E-state index in [1.54, 1.807) is 37.3 Å². The Bertz CT molecular complexity index is 638. The molecule has 2 aromatic carbocycles. The van der Waals surface area contributed by atoms with Gasteiger partial charge in [0.05, 0.1) is 10.0 Å². The fourth-order valence-electron chi connectivity index (χ4n) is 1.73. The van der Waals surface area contributed by atoms with Crippen LogP contribution in [-0.2, 0) is 6.42 Å². The molecule has 2 rings (SSSR count). The Morgan fingerprint density at radius 1 is 1.21 bits per heavy atom. The number of hydrogen-bond acceptors (Lipinski definition) is 1. The monoisotopic (exact) mass is 296 g/mol. The zero-order valence-corrected chi connectivity index (χ0v) is 11.7. The Hall–Kier alpha value is -1.38. The molecule has 1 nitrogen and oxygen atoms in total. The fourth-order valence-corrected chi connectivity index (χ4v) is 2.11. The van der Waals surface area contributed by atoms with Crippen LogP contribution in [0.2, 0.25) is 10.0 Å². The molecule has 0 aliphatic carbocycles. The first-order valence-electron chi connectivity index (χ1n) is 5.71. The minimum Gasteiger partial charge on any atom is -0.294 e. The fraction of sp³-hybridized carbons (Fsp3) is 0.133. The molecule has 0 aliphatic rings. The number of carbonyl (C=O) groups excluding carboxylic acids is 1. The maximum atomic E-state index is 13.4. The van der Waals surface area contributed by atoms with Gasteiger partial charge in [-0.1, -0.05) is 47.5 Å². The first-order valence-corrected chi connectivity index (χ1v) is 6.47. The molecule has 0 radical (unpaired) electrons. The van der Waals surface area contributed by atoms with Crippen molar-refractivity contribution in [2.75, 3.05) is 0 Å². The van der Waals surface area contributed by atoms with Gasteiger partial charge >= 0.3 is 0 Å². The molecular formula is C15H11Cl2FO. The van der Waals surface area contributed by atoms with Crippen molar-refractivity contribution in [3.05, 3.63) is 69.0 Å². The summed E-state index contributed by atoms with van der Waals surface area (Å²) in [4.78, 5) is 12.1. The lowest BCUT2D eigenvalue weighted by molar-refractivity contribution is 0.0992. The molecule has 0 bridgehead atoms. The Morgan fingerprint density at radius 3 is 2.63 bits per heavy atom. The molecule has 0 unspecified atom stereocenters. The quantitative estimate of drug-likeness (QED) is 0.739. The van der Waals surface area contributed by atoms with Gasteiger partial charge in [-0.25, -0.2) is 4.39 Å². The lowest BCUT2D eigenvalue weighted by atomic mass is 10.0. The third kappa shape index (κ3) is 3.14. The molecule has 0 heterocycles. The molecule has 0 atom stereocenters. The zero-order chi connectivity index (χ0) is 14.0. The molecule has 0 N–H and O–H groups in total. The van der Waals surface area contributed by atoms with Gasteiger partial charge in [0.25, 0.3) is 0 Å². The van der Waals surface area contributed by atoms with E-state index in [4.69, 9.17) is 23.2 Å². The van der Waals surface area contributed by atoms with Crippen molar-refractivity contribution in [3.8, 4) is 0 Å². The van der Waals surface area contributed by atoms with E-state index in [2.05, 4.69) is 0 Å². The molecule has 0 amide bonds. The number of rotatable bonds is 3. The van der Waals surface area contributed by atoms with Crippen LogP contribution in [0, 0.1) is 12.7 Å². The summed E-state index contributed by atoms with van der Waals surface area (Å²) in [6, 6.07) is 9.56. The third-order valence-electron chi connectivity index (χ3n) is 2.88. The molecule has 4 heteroatoms. The minimum absolute atomic E-state index is 0.0991. The highest BCUT2D eigenvalue weighted by Crippen LogP contribution is 2.26. The van der Waals surface area contributed by atoms with Gasteiger partial charge in [-0.15, -0.1) is 0 Å². The summed E-state index contributed by atoms with van der Waals surface area (Å²) >= 11 is 11.9. The summed E-state index contributed by atoms with van der Waals surface area (Å²) < 4.78 is 13.4. The number of Topliss-reactive ketones (excluding diaryl/α,β-unsaturated/α-hetero) is 1. The van der Waals surface area contributed by atoms with E-state index in [0.717, 1.165) is 0 Å². The summed E-state index contributed by atoms with van der Waals surface area (Å²) in [6.07, 6.45) is 0.0991. The van der Waals surface area contributed by atoms with E-state index in [1.807, 2.05) is 0 Å². The van der Waals surface area contributed by atoms with Gasteiger partial charge in [0.15, 0.2) is 5.78 Å². The maximum absolute atomic E-state index is 13.4. The molecule has 2 aromatic rings. The first-order chi connectivity index (χ1) is 8.99. The van der Waals surface area contributed by atoms with E-state index in [1.165, 1.54) is 6.07 Å². The Kier molecular flexibility index (Phi) is 4.23. The van der Waals surface area contributed by atoms with Gasteiger partial charge in [0.1, 0.15) is 5.82 Å². The minimum atomic E-state index is -0.386. The standard InChI is InChI=1S/C15H11Cl2FO/c1-9-5-6-10(7-13(9)18)14(19)8-11-3-2-4-12(16)15(11)17/h2-7H,8H2,1H3. The molecule has 19 heavy (non-hydrogen) atoms. The van der Waals surface area contributed by atoms with Crippen molar-refractivity contribution in [3.63, 3.8) is 0 Å². The van der Waals surface area contributed by atoms with Crippen LogP contribution in [0.4, 0.5) is 4.39 Å². The smallest absolute Gasteiger partial charge is 0.167 e. The van der Waals surface area contributed by atoms with Crippen LogP contribution in [-0.4, -0.2) is 5.78 Å². The maximum Gasteiger partial charge on any atom is 0.167 e. The van der Waals surface area contributed by atoms with Crippen LogP contribution >= 0.6 is 23.2 Å². The number of halogens is 3. The van der Waals surface area contributed by atoms with Crippen LogP contribution in [0.3, 0.4) is 0 Å². The summed E-state index contributed by atoms with van der Waals surface area (Å²) in [7, 11) is 0.